The highest BCUT2D eigenvalue weighted by Crippen LogP contribution is 2.29. The summed E-state index contributed by atoms with van der Waals surface area (Å²) in [7, 11) is 0. The third-order valence-corrected chi connectivity index (χ3v) is 4.59. The molecule has 0 spiro atoms. The minimum Gasteiger partial charge on any atom is -0.488 e. The summed E-state index contributed by atoms with van der Waals surface area (Å²) < 4.78 is 5.87. The molecule has 138 valence electrons. The van der Waals surface area contributed by atoms with Crippen LogP contribution in [0, 0.1) is 6.92 Å². The lowest BCUT2D eigenvalue weighted by molar-refractivity contribution is -0.131. The van der Waals surface area contributed by atoms with Crippen LogP contribution in [0.15, 0.2) is 58.6 Å². The van der Waals surface area contributed by atoms with Crippen molar-refractivity contribution in [2.75, 3.05) is 0 Å². The number of aryl methyl sites for hydroxylation is 1. The number of rotatable bonds is 7. The maximum absolute atomic E-state index is 11.6. The van der Waals surface area contributed by atoms with Crippen molar-refractivity contribution in [3.8, 4) is 5.75 Å². The maximum atomic E-state index is 11.6. The molecule has 0 unspecified atom stereocenters. The SMILES string of the molecule is Cc1nc(S/C(=C\c2ccccc2OCc2cccc(Cl)c2)C(=O)O)n[nH]1. The lowest BCUT2D eigenvalue weighted by Gasteiger charge is -2.10. The Balaban J connectivity index is 1.82. The molecule has 3 rings (SSSR count). The Bertz CT molecular complexity index is 988. The molecule has 2 N–H and O–H groups in total. The van der Waals surface area contributed by atoms with Crippen molar-refractivity contribution in [3.05, 3.63) is 75.4 Å². The van der Waals surface area contributed by atoms with Gasteiger partial charge in [0, 0.05) is 10.6 Å². The number of carboxylic acids is 1. The van der Waals surface area contributed by atoms with Crippen molar-refractivity contribution >= 4 is 35.4 Å². The summed E-state index contributed by atoms with van der Waals surface area (Å²) in [4.78, 5) is 15.9. The third kappa shape index (κ3) is 5.35. The first-order valence-electron chi connectivity index (χ1n) is 7.99. The molecule has 0 amide bonds. The number of aromatic nitrogens is 3. The number of hydrogen-bond acceptors (Lipinski definition) is 5. The second-order valence-corrected chi connectivity index (χ2v) is 7.02. The molecule has 0 aliphatic heterocycles. The van der Waals surface area contributed by atoms with E-state index in [1.807, 2.05) is 30.3 Å². The number of hydrogen-bond donors (Lipinski definition) is 2. The van der Waals surface area contributed by atoms with Crippen LogP contribution in [0.5, 0.6) is 5.75 Å². The molecular weight excluding hydrogens is 386 g/mol. The summed E-state index contributed by atoms with van der Waals surface area (Å²) in [6, 6.07) is 14.6. The third-order valence-electron chi connectivity index (χ3n) is 3.48. The highest BCUT2D eigenvalue weighted by molar-refractivity contribution is 8.04. The number of carbonyl (C=O) groups is 1. The molecule has 3 aromatic rings. The Morgan fingerprint density at radius 3 is 2.81 bits per heavy atom. The Labute approximate surface area is 165 Å². The van der Waals surface area contributed by atoms with Crippen LogP contribution < -0.4 is 4.74 Å². The van der Waals surface area contributed by atoms with Crippen molar-refractivity contribution in [2.24, 2.45) is 0 Å². The first kappa shape index (κ1) is 19.0. The number of aliphatic carboxylic acids is 1. The molecule has 2 aromatic carbocycles. The lowest BCUT2D eigenvalue weighted by atomic mass is 10.2. The number of nitrogens with zero attached hydrogens (tertiary/aromatic N) is 2. The summed E-state index contributed by atoms with van der Waals surface area (Å²) in [5.74, 6) is 0.127. The van der Waals surface area contributed by atoms with Gasteiger partial charge in [-0.3, -0.25) is 5.10 Å². The lowest BCUT2D eigenvalue weighted by Crippen LogP contribution is -1.99. The zero-order valence-electron chi connectivity index (χ0n) is 14.3. The van der Waals surface area contributed by atoms with Crippen LogP contribution in [0.1, 0.15) is 17.0 Å². The fraction of sp³-hybridized carbons (Fsp3) is 0.105. The molecular formula is C19H16ClN3O3S. The summed E-state index contributed by atoms with van der Waals surface area (Å²) in [6.07, 6.45) is 1.55. The van der Waals surface area contributed by atoms with E-state index in [4.69, 9.17) is 16.3 Å². The number of carboxylic acid groups (broad SMARTS) is 1. The zero-order chi connectivity index (χ0) is 19.2. The smallest absolute Gasteiger partial charge is 0.342 e. The average molecular weight is 402 g/mol. The molecule has 27 heavy (non-hydrogen) atoms. The predicted octanol–water partition coefficient (Wildman–Crippen LogP) is 4.56. The van der Waals surface area contributed by atoms with Crippen molar-refractivity contribution in [1.82, 2.24) is 15.2 Å². The van der Waals surface area contributed by atoms with Crippen LogP contribution in [0.2, 0.25) is 5.02 Å². The van der Waals surface area contributed by atoms with Crippen LogP contribution in [0.4, 0.5) is 0 Å². The van der Waals surface area contributed by atoms with Gasteiger partial charge < -0.3 is 9.84 Å². The van der Waals surface area contributed by atoms with Gasteiger partial charge in [0.2, 0.25) is 5.16 Å². The number of thioether (sulfide) groups is 1. The number of para-hydroxylation sites is 1. The molecule has 6 nitrogen and oxygen atoms in total. The second kappa shape index (κ2) is 8.75. The summed E-state index contributed by atoms with van der Waals surface area (Å²) in [5, 5.41) is 17.2. The minimum atomic E-state index is -1.06. The molecule has 1 heterocycles. The molecule has 0 fully saturated rings. The van der Waals surface area contributed by atoms with Gasteiger partial charge in [-0.25, -0.2) is 9.78 Å². The highest BCUT2D eigenvalue weighted by Gasteiger charge is 2.14. The first-order valence-corrected chi connectivity index (χ1v) is 9.19. The minimum absolute atomic E-state index is 0.0906. The molecule has 0 aliphatic carbocycles. The van der Waals surface area contributed by atoms with Gasteiger partial charge in [-0.2, -0.15) is 0 Å². The van der Waals surface area contributed by atoms with Crippen LogP contribution in [-0.2, 0) is 11.4 Å². The number of H-pyrrole nitrogens is 1. The highest BCUT2D eigenvalue weighted by atomic mass is 35.5. The zero-order valence-corrected chi connectivity index (χ0v) is 15.9. The molecule has 0 bridgehead atoms. The molecule has 0 radical (unpaired) electrons. The summed E-state index contributed by atoms with van der Waals surface area (Å²) >= 11 is 6.97. The van der Waals surface area contributed by atoms with E-state index < -0.39 is 5.97 Å². The number of benzene rings is 2. The van der Waals surface area contributed by atoms with Crippen molar-refractivity contribution < 1.29 is 14.6 Å². The van der Waals surface area contributed by atoms with Gasteiger partial charge in [0.05, 0.1) is 0 Å². The number of aromatic amines is 1. The van der Waals surface area contributed by atoms with E-state index in [0.717, 1.165) is 17.3 Å². The van der Waals surface area contributed by atoms with E-state index in [0.29, 0.717) is 33.9 Å². The van der Waals surface area contributed by atoms with Crippen LogP contribution in [-0.4, -0.2) is 26.3 Å². The van der Waals surface area contributed by atoms with E-state index in [2.05, 4.69) is 15.2 Å². The Morgan fingerprint density at radius 2 is 2.11 bits per heavy atom. The standard InChI is InChI=1S/C19H16ClN3O3S/c1-12-21-19(23-22-12)27-17(18(24)25)10-14-6-2-3-8-16(14)26-11-13-5-4-7-15(20)9-13/h2-10H,11H2,1H3,(H,24,25)(H,21,22,23)/b17-10-. The maximum Gasteiger partial charge on any atom is 0.342 e. The van der Waals surface area contributed by atoms with Gasteiger partial charge in [0.1, 0.15) is 23.1 Å². The molecule has 8 heteroatoms. The Hall–Kier alpha value is -2.77. The average Bonchev–Trinajstić information content (AvgIpc) is 3.05. The van der Waals surface area contributed by atoms with E-state index in [9.17, 15) is 9.90 Å². The number of halogens is 1. The van der Waals surface area contributed by atoms with Gasteiger partial charge >= 0.3 is 5.97 Å². The van der Waals surface area contributed by atoms with E-state index in [-0.39, 0.29) is 4.91 Å². The molecule has 0 saturated heterocycles. The molecule has 0 saturated carbocycles. The number of nitrogens with one attached hydrogen (secondary N) is 1. The van der Waals surface area contributed by atoms with Crippen LogP contribution in [0.25, 0.3) is 6.08 Å². The fourth-order valence-corrected chi connectivity index (χ4v) is 3.22. The van der Waals surface area contributed by atoms with E-state index in [1.54, 1.807) is 31.2 Å². The van der Waals surface area contributed by atoms with Gasteiger partial charge in [-0.05, 0) is 48.5 Å². The summed E-state index contributed by atoms with van der Waals surface area (Å²) in [6.45, 7) is 2.07. The quantitative estimate of drug-likeness (QED) is 0.445. The predicted molar refractivity (Wildman–Crippen MR) is 105 cm³/mol. The van der Waals surface area contributed by atoms with Crippen molar-refractivity contribution in [1.29, 1.82) is 0 Å². The molecule has 0 aliphatic rings. The molecule has 0 atom stereocenters. The largest absolute Gasteiger partial charge is 0.488 e. The first-order chi connectivity index (χ1) is 13.0. The number of ether oxygens (including phenoxy) is 1. The fourth-order valence-electron chi connectivity index (χ4n) is 2.26. The van der Waals surface area contributed by atoms with Gasteiger partial charge in [0.15, 0.2) is 0 Å². The van der Waals surface area contributed by atoms with Gasteiger partial charge in [-0.15, -0.1) is 5.10 Å². The Morgan fingerprint density at radius 1 is 1.30 bits per heavy atom. The van der Waals surface area contributed by atoms with Crippen molar-refractivity contribution in [3.63, 3.8) is 0 Å². The summed E-state index contributed by atoms with van der Waals surface area (Å²) in [5.41, 5.74) is 1.57. The topological polar surface area (TPSA) is 88.1 Å². The second-order valence-electron chi connectivity index (χ2n) is 5.58. The monoisotopic (exact) mass is 401 g/mol. The normalized spacial score (nSPS) is 11.4. The van der Waals surface area contributed by atoms with Gasteiger partial charge in [0.25, 0.3) is 0 Å². The van der Waals surface area contributed by atoms with Gasteiger partial charge in [-0.1, -0.05) is 41.9 Å². The van der Waals surface area contributed by atoms with E-state index in [1.165, 1.54) is 0 Å². The Kier molecular flexibility index (Phi) is 6.16. The van der Waals surface area contributed by atoms with Crippen LogP contribution in [0.3, 0.4) is 0 Å². The van der Waals surface area contributed by atoms with Crippen molar-refractivity contribution in [2.45, 2.75) is 18.7 Å². The van der Waals surface area contributed by atoms with Crippen LogP contribution >= 0.6 is 23.4 Å². The van der Waals surface area contributed by atoms with E-state index >= 15 is 0 Å². The molecule has 1 aromatic heterocycles.